The first-order valence-electron chi connectivity index (χ1n) is 4.69. The Labute approximate surface area is 97.6 Å². The second-order valence-electron chi connectivity index (χ2n) is 2.91. The van der Waals surface area contributed by atoms with Crippen LogP contribution in [0.1, 0.15) is 23.5 Å². The van der Waals surface area contributed by atoms with Crippen LogP contribution >= 0.6 is 22.9 Å². The molecular formula is C10H12ClNO2S. The average molecular weight is 246 g/mol. The lowest BCUT2D eigenvalue weighted by atomic mass is 10.3. The summed E-state index contributed by atoms with van der Waals surface area (Å²) in [5.41, 5.74) is 0. The molecule has 82 valence electrons. The number of Topliss-reactive ketones (excluding diaryl/α,β-unsaturated/α-hetero) is 1. The molecule has 0 atom stereocenters. The van der Waals surface area contributed by atoms with Crippen molar-refractivity contribution >= 4 is 34.6 Å². The van der Waals surface area contributed by atoms with Crippen LogP contribution in [0.25, 0.3) is 0 Å². The van der Waals surface area contributed by atoms with Crippen molar-refractivity contribution in [2.45, 2.75) is 13.8 Å². The molecule has 1 aromatic rings. The summed E-state index contributed by atoms with van der Waals surface area (Å²) in [5, 5.41) is 0. The first-order chi connectivity index (χ1) is 7.10. The van der Waals surface area contributed by atoms with E-state index in [-0.39, 0.29) is 0 Å². The molecule has 0 unspecified atom stereocenters. The third-order valence-electron chi connectivity index (χ3n) is 2.04. The second kappa shape index (κ2) is 5.28. The lowest BCUT2D eigenvalue weighted by Crippen LogP contribution is -2.35. The van der Waals surface area contributed by atoms with E-state index in [1.807, 2.05) is 13.8 Å². The summed E-state index contributed by atoms with van der Waals surface area (Å²) in [6.07, 6.45) is 0. The lowest BCUT2D eigenvalue weighted by molar-refractivity contribution is -0.126. The monoisotopic (exact) mass is 245 g/mol. The Hall–Kier alpha value is -0.870. The van der Waals surface area contributed by atoms with Gasteiger partial charge in [-0.25, -0.2) is 0 Å². The Morgan fingerprint density at radius 1 is 1.33 bits per heavy atom. The summed E-state index contributed by atoms with van der Waals surface area (Å²) in [6, 6.07) is 3.20. The molecule has 0 N–H and O–H groups in total. The molecule has 0 aliphatic rings. The molecule has 3 nitrogen and oxygen atoms in total. The zero-order chi connectivity index (χ0) is 11.4. The van der Waals surface area contributed by atoms with Gasteiger partial charge in [0.1, 0.15) is 0 Å². The Morgan fingerprint density at radius 2 is 1.93 bits per heavy atom. The Bertz CT molecular complexity index is 371. The van der Waals surface area contributed by atoms with Gasteiger partial charge in [-0.2, -0.15) is 0 Å². The highest BCUT2D eigenvalue weighted by Crippen LogP contribution is 2.22. The molecule has 0 aliphatic carbocycles. The number of rotatable bonds is 4. The van der Waals surface area contributed by atoms with Gasteiger partial charge in [0.2, 0.25) is 0 Å². The van der Waals surface area contributed by atoms with Crippen LogP contribution in [0, 0.1) is 0 Å². The van der Waals surface area contributed by atoms with Gasteiger partial charge in [0.15, 0.2) is 0 Å². The van der Waals surface area contributed by atoms with Gasteiger partial charge in [0.25, 0.3) is 11.7 Å². The van der Waals surface area contributed by atoms with Crippen LogP contribution in [0.4, 0.5) is 0 Å². The zero-order valence-electron chi connectivity index (χ0n) is 8.62. The molecule has 0 aromatic carbocycles. The second-order valence-corrected chi connectivity index (χ2v) is 4.63. The predicted molar refractivity (Wildman–Crippen MR) is 61.6 cm³/mol. The summed E-state index contributed by atoms with van der Waals surface area (Å²) in [5.74, 6) is -0.936. The van der Waals surface area contributed by atoms with Crippen molar-refractivity contribution in [1.29, 1.82) is 0 Å². The minimum atomic E-state index is -0.476. The van der Waals surface area contributed by atoms with E-state index in [0.29, 0.717) is 22.3 Å². The van der Waals surface area contributed by atoms with Crippen LogP contribution in [0.5, 0.6) is 0 Å². The molecule has 0 radical (unpaired) electrons. The maximum absolute atomic E-state index is 11.7. The molecule has 5 heteroatoms. The fourth-order valence-electron chi connectivity index (χ4n) is 1.20. The third kappa shape index (κ3) is 2.79. The highest BCUT2D eigenvalue weighted by molar-refractivity contribution is 7.18. The van der Waals surface area contributed by atoms with Crippen LogP contribution in [-0.2, 0) is 4.79 Å². The fraction of sp³-hybridized carbons (Fsp3) is 0.400. The molecule has 1 aromatic heterocycles. The van der Waals surface area contributed by atoms with Crippen LogP contribution in [0.15, 0.2) is 12.1 Å². The highest BCUT2D eigenvalue weighted by atomic mass is 35.5. The number of amides is 1. The van der Waals surface area contributed by atoms with Crippen LogP contribution < -0.4 is 0 Å². The summed E-state index contributed by atoms with van der Waals surface area (Å²) < 4.78 is 0.519. The van der Waals surface area contributed by atoms with E-state index in [2.05, 4.69) is 0 Å². The smallest absolute Gasteiger partial charge is 0.295 e. The van der Waals surface area contributed by atoms with E-state index in [0.717, 1.165) is 11.3 Å². The van der Waals surface area contributed by atoms with Gasteiger partial charge in [0.05, 0.1) is 9.21 Å². The van der Waals surface area contributed by atoms with E-state index >= 15 is 0 Å². The normalized spacial score (nSPS) is 10.1. The van der Waals surface area contributed by atoms with Crippen molar-refractivity contribution in [2.75, 3.05) is 13.1 Å². The third-order valence-corrected chi connectivity index (χ3v) is 3.27. The van der Waals surface area contributed by atoms with Gasteiger partial charge in [0, 0.05) is 13.1 Å². The van der Waals surface area contributed by atoms with Gasteiger partial charge in [-0.1, -0.05) is 11.6 Å². The van der Waals surface area contributed by atoms with Crippen LogP contribution in [0.2, 0.25) is 4.34 Å². The number of ketones is 1. The maximum Gasteiger partial charge on any atom is 0.295 e. The molecule has 1 rings (SSSR count). The number of hydrogen-bond acceptors (Lipinski definition) is 3. The number of thiophene rings is 1. The molecular weight excluding hydrogens is 234 g/mol. The standard InChI is InChI=1S/C10H12ClNO2S/c1-3-12(4-2)10(14)9(13)7-5-6-8(11)15-7/h5-6H,3-4H2,1-2H3. The Kier molecular flexibility index (Phi) is 4.29. The van der Waals surface area contributed by atoms with Crippen molar-refractivity contribution in [3.05, 3.63) is 21.3 Å². The molecule has 15 heavy (non-hydrogen) atoms. The number of halogens is 1. The number of likely N-dealkylation sites (N-methyl/N-ethyl adjacent to an activating group) is 1. The van der Waals surface area contributed by atoms with Crippen molar-refractivity contribution < 1.29 is 9.59 Å². The largest absolute Gasteiger partial charge is 0.336 e. The zero-order valence-corrected chi connectivity index (χ0v) is 10.2. The summed E-state index contributed by atoms with van der Waals surface area (Å²) in [6.45, 7) is 4.77. The number of carbonyl (C=O) groups is 2. The minimum Gasteiger partial charge on any atom is -0.336 e. The Balaban J connectivity index is 2.81. The minimum absolute atomic E-state index is 0.400. The maximum atomic E-state index is 11.7. The molecule has 0 aliphatic heterocycles. The SMILES string of the molecule is CCN(CC)C(=O)C(=O)c1ccc(Cl)s1. The molecule has 0 fully saturated rings. The first-order valence-corrected chi connectivity index (χ1v) is 5.88. The van der Waals surface area contributed by atoms with Gasteiger partial charge in [-0.3, -0.25) is 9.59 Å². The quantitative estimate of drug-likeness (QED) is 0.604. The van der Waals surface area contributed by atoms with Crippen LogP contribution in [0.3, 0.4) is 0 Å². The fourth-order valence-corrected chi connectivity index (χ4v) is 2.17. The molecule has 0 saturated carbocycles. The van der Waals surface area contributed by atoms with E-state index < -0.39 is 11.7 Å². The van der Waals surface area contributed by atoms with Gasteiger partial charge in [-0.15, -0.1) is 11.3 Å². The molecule has 0 saturated heterocycles. The lowest BCUT2D eigenvalue weighted by Gasteiger charge is -2.16. The van der Waals surface area contributed by atoms with Crippen molar-refractivity contribution in [3.63, 3.8) is 0 Å². The summed E-state index contributed by atoms with van der Waals surface area (Å²) >= 11 is 6.83. The number of carbonyl (C=O) groups excluding carboxylic acids is 2. The molecule has 1 amide bonds. The van der Waals surface area contributed by atoms with E-state index in [1.54, 1.807) is 12.1 Å². The van der Waals surface area contributed by atoms with Crippen molar-refractivity contribution in [3.8, 4) is 0 Å². The molecule has 0 spiro atoms. The van der Waals surface area contributed by atoms with E-state index in [4.69, 9.17) is 11.6 Å². The topological polar surface area (TPSA) is 37.4 Å². The van der Waals surface area contributed by atoms with Crippen molar-refractivity contribution in [1.82, 2.24) is 4.90 Å². The average Bonchev–Trinajstić information content (AvgIpc) is 2.65. The molecule has 1 heterocycles. The Morgan fingerprint density at radius 3 is 2.33 bits per heavy atom. The van der Waals surface area contributed by atoms with Crippen molar-refractivity contribution in [2.24, 2.45) is 0 Å². The highest BCUT2D eigenvalue weighted by Gasteiger charge is 2.22. The van der Waals surface area contributed by atoms with E-state index in [1.165, 1.54) is 4.90 Å². The molecule has 0 bridgehead atoms. The van der Waals surface area contributed by atoms with Crippen LogP contribution in [-0.4, -0.2) is 29.7 Å². The number of nitrogens with zero attached hydrogens (tertiary/aromatic N) is 1. The summed E-state index contributed by atoms with van der Waals surface area (Å²) in [4.78, 5) is 25.2. The predicted octanol–water partition coefficient (Wildman–Crippen LogP) is 2.45. The summed E-state index contributed by atoms with van der Waals surface area (Å²) in [7, 11) is 0. The first kappa shape index (κ1) is 12.2. The van der Waals surface area contributed by atoms with E-state index in [9.17, 15) is 9.59 Å². The number of hydrogen-bond donors (Lipinski definition) is 0. The van der Waals surface area contributed by atoms with Gasteiger partial charge >= 0.3 is 0 Å². The van der Waals surface area contributed by atoms with Gasteiger partial charge in [-0.05, 0) is 26.0 Å². The van der Waals surface area contributed by atoms with Gasteiger partial charge < -0.3 is 4.90 Å².